The van der Waals surface area contributed by atoms with Crippen LogP contribution in [0.3, 0.4) is 0 Å². The van der Waals surface area contributed by atoms with E-state index in [0.29, 0.717) is 29.4 Å². The first-order valence-electron chi connectivity index (χ1n) is 12.5. The number of carbonyl (C=O) groups is 1. The number of ether oxygens (including phenoxy) is 4. The standard InChI is InChI=1S/C28H37F3N2O5/c1-6-13-33(14-7-2)15-12-26(34)32-22-16-20(10-11-23(22)38-19-28(29,30)31)8-9-21-17-24(35-3)27(37-5)25(18-21)36-4/h8-11,16-18H,6-7,12-15,19H2,1-5H3,(H,32,34)/b9-8-. The van der Waals surface area contributed by atoms with Gasteiger partial charge in [0.15, 0.2) is 18.1 Å². The van der Waals surface area contributed by atoms with Gasteiger partial charge in [0.05, 0.1) is 27.0 Å². The molecule has 7 nitrogen and oxygen atoms in total. The van der Waals surface area contributed by atoms with Gasteiger partial charge in [-0.3, -0.25) is 4.79 Å². The highest BCUT2D eigenvalue weighted by molar-refractivity contribution is 5.93. The van der Waals surface area contributed by atoms with Crippen LogP contribution in [0.4, 0.5) is 18.9 Å². The van der Waals surface area contributed by atoms with Crippen molar-refractivity contribution in [2.75, 3.05) is 52.9 Å². The number of nitrogens with zero attached hydrogens (tertiary/aromatic N) is 1. The molecule has 0 heterocycles. The van der Waals surface area contributed by atoms with Gasteiger partial charge in [-0.1, -0.05) is 32.1 Å². The Kier molecular flexibility index (Phi) is 12.3. The molecular weight excluding hydrogens is 501 g/mol. The summed E-state index contributed by atoms with van der Waals surface area (Å²) in [6, 6.07) is 8.13. The maximum atomic E-state index is 12.8. The van der Waals surface area contributed by atoms with Gasteiger partial charge < -0.3 is 29.2 Å². The number of amides is 1. The van der Waals surface area contributed by atoms with E-state index in [-0.39, 0.29) is 23.8 Å². The summed E-state index contributed by atoms with van der Waals surface area (Å²) < 4.78 is 59.5. The van der Waals surface area contributed by atoms with Crippen molar-refractivity contribution >= 4 is 23.7 Å². The molecule has 1 amide bonds. The summed E-state index contributed by atoms with van der Waals surface area (Å²) in [5, 5.41) is 2.73. The number of halogens is 3. The first kappa shape index (κ1) is 30.8. The molecule has 10 heteroatoms. The molecule has 2 aromatic carbocycles. The number of nitrogens with one attached hydrogen (secondary N) is 1. The average Bonchev–Trinajstić information content (AvgIpc) is 2.89. The summed E-state index contributed by atoms with van der Waals surface area (Å²) >= 11 is 0. The van der Waals surface area contributed by atoms with Gasteiger partial charge in [-0.2, -0.15) is 13.2 Å². The molecule has 0 bridgehead atoms. The molecule has 0 unspecified atom stereocenters. The van der Waals surface area contributed by atoms with Crippen molar-refractivity contribution < 1.29 is 36.9 Å². The van der Waals surface area contributed by atoms with Gasteiger partial charge in [-0.15, -0.1) is 0 Å². The smallest absolute Gasteiger partial charge is 0.422 e. The second kappa shape index (κ2) is 15.1. The van der Waals surface area contributed by atoms with Crippen LogP contribution < -0.4 is 24.3 Å². The monoisotopic (exact) mass is 538 g/mol. The van der Waals surface area contributed by atoms with E-state index in [4.69, 9.17) is 18.9 Å². The van der Waals surface area contributed by atoms with Crippen LogP contribution in [-0.4, -0.2) is 64.6 Å². The molecule has 0 saturated carbocycles. The fourth-order valence-electron chi connectivity index (χ4n) is 3.86. The van der Waals surface area contributed by atoms with Gasteiger partial charge in [0, 0.05) is 13.0 Å². The van der Waals surface area contributed by atoms with Gasteiger partial charge in [-0.25, -0.2) is 0 Å². The lowest BCUT2D eigenvalue weighted by Crippen LogP contribution is -2.29. The number of alkyl halides is 3. The first-order chi connectivity index (χ1) is 18.1. The third-order valence-corrected chi connectivity index (χ3v) is 5.56. The summed E-state index contributed by atoms with van der Waals surface area (Å²) in [4.78, 5) is 14.9. The average molecular weight is 539 g/mol. The Morgan fingerprint density at radius 1 is 0.868 bits per heavy atom. The Morgan fingerprint density at radius 2 is 1.47 bits per heavy atom. The minimum absolute atomic E-state index is 0.0559. The maximum Gasteiger partial charge on any atom is 0.422 e. The van der Waals surface area contributed by atoms with Crippen molar-refractivity contribution in [2.24, 2.45) is 0 Å². The van der Waals surface area contributed by atoms with Crippen LogP contribution >= 0.6 is 0 Å². The predicted octanol–water partition coefficient (Wildman–Crippen LogP) is 6.27. The molecule has 0 aliphatic rings. The van der Waals surface area contributed by atoms with Gasteiger partial charge in [0.25, 0.3) is 0 Å². The molecule has 1 N–H and O–H groups in total. The van der Waals surface area contributed by atoms with E-state index in [1.54, 1.807) is 36.4 Å². The minimum atomic E-state index is -4.51. The minimum Gasteiger partial charge on any atom is -0.493 e. The summed E-state index contributed by atoms with van der Waals surface area (Å²) in [6.07, 6.45) is 1.19. The van der Waals surface area contributed by atoms with Crippen molar-refractivity contribution in [1.29, 1.82) is 0 Å². The largest absolute Gasteiger partial charge is 0.493 e. The summed E-state index contributed by atoms with van der Waals surface area (Å²) in [5.41, 5.74) is 1.56. The van der Waals surface area contributed by atoms with Crippen molar-refractivity contribution in [3.8, 4) is 23.0 Å². The molecule has 0 radical (unpaired) electrons. The van der Waals surface area contributed by atoms with Gasteiger partial charge in [-0.05, 0) is 61.3 Å². The van der Waals surface area contributed by atoms with E-state index in [0.717, 1.165) is 31.5 Å². The maximum absolute atomic E-state index is 12.8. The van der Waals surface area contributed by atoms with Crippen LogP contribution in [0.15, 0.2) is 30.3 Å². The number of carbonyl (C=O) groups excluding carboxylic acids is 1. The van der Waals surface area contributed by atoms with Gasteiger partial charge in [0.2, 0.25) is 11.7 Å². The Balaban J connectivity index is 2.28. The van der Waals surface area contributed by atoms with Crippen molar-refractivity contribution in [3.05, 3.63) is 41.5 Å². The van der Waals surface area contributed by atoms with E-state index in [1.165, 1.54) is 27.4 Å². The SMILES string of the molecule is CCCN(CCC)CCC(=O)Nc1cc(/C=C\c2cc(OC)c(OC)c(OC)c2)ccc1OCC(F)(F)F. The van der Waals surface area contributed by atoms with Crippen molar-refractivity contribution in [3.63, 3.8) is 0 Å². The number of rotatable bonds is 15. The zero-order chi connectivity index (χ0) is 28.1. The Morgan fingerprint density at radius 3 is 2.00 bits per heavy atom. The molecule has 2 aromatic rings. The van der Waals surface area contributed by atoms with E-state index in [1.807, 2.05) is 0 Å². The third kappa shape index (κ3) is 9.81. The lowest BCUT2D eigenvalue weighted by atomic mass is 10.1. The lowest BCUT2D eigenvalue weighted by molar-refractivity contribution is -0.153. The number of anilines is 1. The molecule has 0 aliphatic carbocycles. The zero-order valence-electron chi connectivity index (χ0n) is 22.6. The Hall–Kier alpha value is -3.40. The fourth-order valence-corrected chi connectivity index (χ4v) is 3.86. The molecular formula is C28H37F3N2O5. The number of hydrogen-bond acceptors (Lipinski definition) is 6. The second-order valence-electron chi connectivity index (χ2n) is 8.59. The highest BCUT2D eigenvalue weighted by atomic mass is 19.4. The second-order valence-corrected chi connectivity index (χ2v) is 8.59. The zero-order valence-corrected chi connectivity index (χ0v) is 22.6. The van der Waals surface area contributed by atoms with Crippen LogP contribution in [0.2, 0.25) is 0 Å². The molecule has 0 atom stereocenters. The van der Waals surface area contributed by atoms with E-state index in [9.17, 15) is 18.0 Å². The van der Waals surface area contributed by atoms with Crippen LogP contribution in [0, 0.1) is 0 Å². The first-order valence-corrected chi connectivity index (χ1v) is 12.5. The van der Waals surface area contributed by atoms with Crippen LogP contribution in [0.1, 0.15) is 44.2 Å². The number of methoxy groups -OCH3 is 3. The quantitative estimate of drug-likeness (QED) is 0.270. The van der Waals surface area contributed by atoms with Gasteiger partial charge in [0.1, 0.15) is 5.75 Å². The highest BCUT2D eigenvalue weighted by Gasteiger charge is 2.29. The van der Waals surface area contributed by atoms with E-state index < -0.39 is 12.8 Å². The molecule has 38 heavy (non-hydrogen) atoms. The predicted molar refractivity (Wildman–Crippen MR) is 143 cm³/mol. The van der Waals surface area contributed by atoms with Crippen LogP contribution in [0.5, 0.6) is 23.0 Å². The van der Waals surface area contributed by atoms with Crippen molar-refractivity contribution in [1.82, 2.24) is 4.90 Å². The summed E-state index contributed by atoms with van der Waals surface area (Å²) in [6.45, 7) is 5.00. The Bertz CT molecular complexity index is 1040. The molecule has 0 spiro atoms. The van der Waals surface area contributed by atoms with E-state index in [2.05, 4.69) is 24.1 Å². The fraction of sp³-hybridized carbons (Fsp3) is 0.464. The normalized spacial score (nSPS) is 11.6. The molecule has 0 saturated heterocycles. The molecule has 0 fully saturated rings. The highest BCUT2D eigenvalue weighted by Crippen LogP contribution is 2.38. The molecule has 210 valence electrons. The molecule has 2 rings (SSSR count). The van der Waals surface area contributed by atoms with Crippen molar-refractivity contribution in [2.45, 2.75) is 39.3 Å². The van der Waals surface area contributed by atoms with Crippen LogP contribution in [-0.2, 0) is 4.79 Å². The summed E-state index contributed by atoms with van der Waals surface area (Å²) in [5.74, 6) is 1.07. The number of hydrogen-bond donors (Lipinski definition) is 1. The Labute approximate surface area is 222 Å². The van der Waals surface area contributed by atoms with Crippen LogP contribution in [0.25, 0.3) is 12.2 Å². The van der Waals surface area contributed by atoms with E-state index >= 15 is 0 Å². The molecule has 0 aromatic heterocycles. The third-order valence-electron chi connectivity index (χ3n) is 5.56. The molecule has 0 aliphatic heterocycles. The van der Waals surface area contributed by atoms with Gasteiger partial charge >= 0.3 is 6.18 Å². The summed E-state index contributed by atoms with van der Waals surface area (Å²) in [7, 11) is 4.55. The lowest BCUT2D eigenvalue weighted by Gasteiger charge is -2.20. The number of benzene rings is 2. The topological polar surface area (TPSA) is 69.3 Å².